The molecule has 0 aliphatic heterocycles. The van der Waals surface area contributed by atoms with Crippen molar-refractivity contribution in [2.75, 3.05) is 27.9 Å². The summed E-state index contributed by atoms with van der Waals surface area (Å²) in [7, 11) is 4.60. The first-order valence-electron chi connectivity index (χ1n) is 5.36. The number of nitrogens with two attached hydrogens (primary N) is 1. The Morgan fingerprint density at radius 1 is 1.12 bits per heavy atom. The molecule has 96 valence electrons. The van der Waals surface area contributed by atoms with Gasteiger partial charge in [-0.2, -0.15) is 0 Å². The first-order chi connectivity index (χ1) is 8.19. The van der Waals surface area contributed by atoms with Crippen LogP contribution in [0.3, 0.4) is 0 Å². The highest BCUT2D eigenvalue weighted by Crippen LogP contribution is 2.42. The molecule has 1 aromatic rings. The molecule has 0 fully saturated rings. The van der Waals surface area contributed by atoms with E-state index in [0.717, 1.165) is 0 Å². The van der Waals surface area contributed by atoms with Gasteiger partial charge < -0.3 is 25.1 Å². The van der Waals surface area contributed by atoms with Crippen molar-refractivity contribution in [1.29, 1.82) is 0 Å². The van der Waals surface area contributed by atoms with E-state index in [1.807, 2.05) is 0 Å². The van der Waals surface area contributed by atoms with Crippen LogP contribution in [0.1, 0.15) is 18.1 Å². The number of ether oxygens (including phenoxy) is 3. The summed E-state index contributed by atoms with van der Waals surface area (Å²) < 4.78 is 15.7. The highest BCUT2D eigenvalue weighted by molar-refractivity contribution is 5.56. The average molecular weight is 241 g/mol. The van der Waals surface area contributed by atoms with E-state index in [-0.39, 0.29) is 0 Å². The quantitative estimate of drug-likeness (QED) is 0.780. The fourth-order valence-electron chi connectivity index (χ4n) is 1.70. The van der Waals surface area contributed by atoms with Crippen LogP contribution in [-0.2, 0) is 0 Å². The van der Waals surface area contributed by atoms with E-state index in [4.69, 9.17) is 19.9 Å². The summed E-state index contributed by atoms with van der Waals surface area (Å²) in [5.74, 6) is 1.52. The van der Waals surface area contributed by atoms with E-state index in [9.17, 15) is 5.11 Å². The van der Waals surface area contributed by atoms with Gasteiger partial charge in [-0.3, -0.25) is 0 Å². The second kappa shape index (κ2) is 6.32. The van der Waals surface area contributed by atoms with Crippen LogP contribution in [0.4, 0.5) is 0 Å². The zero-order valence-corrected chi connectivity index (χ0v) is 10.4. The molecule has 0 radical (unpaired) electrons. The summed E-state index contributed by atoms with van der Waals surface area (Å²) in [6, 6.07) is 3.48. The third-order valence-corrected chi connectivity index (χ3v) is 2.53. The van der Waals surface area contributed by atoms with Crippen molar-refractivity contribution in [2.45, 2.75) is 12.5 Å². The Kier molecular flexibility index (Phi) is 5.06. The lowest BCUT2D eigenvalue weighted by Crippen LogP contribution is -2.08. The minimum absolute atomic E-state index is 0.401. The molecule has 5 heteroatoms. The van der Waals surface area contributed by atoms with E-state index in [1.54, 1.807) is 19.2 Å². The number of benzene rings is 1. The van der Waals surface area contributed by atoms with Crippen molar-refractivity contribution in [3.8, 4) is 17.2 Å². The first-order valence-corrected chi connectivity index (χ1v) is 5.36. The summed E-state index contributed by atoms with van der Waals surface area (Å²) >= 11 is 0. The summed E-state index contributed by atoms with van der Waals surface area (Å²) in [6.45, 7) is 0.401. The van der Waals surface area contributed by atoms with Gasteiger partial charge in [0.2, 0.25) is 5.75 Å². The van der Waals surface area contributed by atoms with Crippen molar-refractivity contribution >= 4 is 0 Å². The second-order valence-electron chi connectivity index (χ2n) is 3.52. The molecular weight excluding hydrogens is 222 g/mol. The maximum atomic E-state index is 9.96. The third-order valence-electron chi connectivity index (χ3n) is 2.53. The molecule has 1 aromatic carbocycles. The molecule has 0 saturated heterocycles. The maximum absolute atomic E-state index is 9.96. The lowest BCUT2D eigenvalue weighted by atomic mass is 10.0. The lowest BCUT2D eigenvalue weighted by Gasteiger charge is -2.18. The number of methoxy groups -OCH3 is 3. The molecule has 0 aromatic heterocycles. The standard InChI is InChI=1S/C12H19NO4/c1-15-10-5-4-8(9(14)6-7-13)11(16-2)12(10)17-3/h4-5,9,14H,6-7,13H2,1-3H3. The van der Waals surface area contributed by atoms with Crippen LogP contribution in [0.2, 0.25) is 0 Å². The maximum Gasteiger partial charge on any atom is 0.203 e. The third kappa shape index (κ3) is 2.81. The molecule has 1 unspecified atom stereocenters. The van der Waals surface area contributed by atoms with Crippen molar-refractivity contribution in [3.63, 3.8) is 0 Å². The van der Waals surface area contributed by atoms with E-state index < -0.39 is 6.10 Å². The molecule has 0 aliphatic rings. The molecule has 17 heavy (non-hydrogen) atoms. The SMILES string of the molecule is COc1ccc(C(O)CCN)c(OC)c1OC. The van der Waals surface area contributed by atoms with Gasteiger partial charge >= 0.3 is 0 Å². The number of aliphatic hydroxyl groups excluding tert-OH is 1. The van der Waals surface area contributed by atoms with Gasteiger partial charge in [-0.25, -0.2) is 0 Å². The highest BCUT2D eigenvalue weighted by Gasteiger charge is 2.20. The van der Waals surface area contributed by atoms with Crippen LogP contribution >= 0.6 is 0 Å². The van der Waals surface area contributed by atoms with E-state index in [0.29, 0.717) is 35.8 Å². The van der Waals surface area contributed by atoms with Gasteiger partial charge in [-0.1, -0.05) is 0 Å². The van der Waals surface area contributed by atoms with Crippen LogP contribution in [-0.4, -0.2) is 33.0 Å². The van der Waals surface area contributed by atoms with Gasteiger partial charge in [-0.15, -0.1) is 0 Å². The Bertz CT molecular complexity index is 368. The van der Waals surface area contributed by atoms with Crippen LogP contribution < -0.4 is 19.9 Å². The zero-order valence-electron chi connectivity index (χ0n) is 10.4. The molecule has 0 spiro atoms. The fraction of sp³-hybridized carbons (Fsp3) is 0.500. The van der Waals surface area contributed by atoms with Crippen LogP contribution in [0, 0.1) is 0 Å². The molecule has 0 bridgehead atoms. The lowest BCUT2D eigenvalue weighted by molar-refractivity contribution is 0.165. The molecule has 0 saturated carbocycles. The van der Waals surface area contributed by atoms with Gasteiger partial charge in [0, 0.05) is 5.56 Å². The minimum Gasteiger partial charge on any atom is -0.493 e. The normalized spacial score (nSPS) is 12.1. The van der Waals surface area contributed by atoms with Gasteiger partial charge in [0.15, 0.2) is 11.5 Å². The zero-order chi connectivity index (χ0) is 12.8. The number of aliphatic hydroxyl groups is 1. The van der Waals surface area contributed by atoms with Crippen LogP contribution in [0.15, 0.2) is 12.1 Å². The van der Waals surface area contributed by atoms with Crippen LogP contribution in [0.5, 0.6) is 17.2 Å². The smallest absolute Gasteiger partial charge is 0.203 e. The summed E-state index contributed by atoms with van der Waals surface area (Å²) in [6.07, 6.45) is -0.207. The van der Waals surface area contributed by atoms with E-state index >= 15 is 0 Å². The molecule has 3 N–H and O–H groups in total. The Hall–Kier alpha value is -1.46. The Morgan fingerprint density at radius 2 is 1.76 bits per heavy atom. The Labute approximate surface area is 101 Å². The number of hydrogen-bond acceptors (Lipinski definition) is 5. The monoisotopic (exact) mass is 241 g/mol. The van der Waals surface area contributed by atoms with Crippen molar-refractivity contribution in [2.24, 2.45) is 5.73 Å². The summed E-state index contributed by atoms with van der Waals surface area (Å²) in [5, 5.41) is 9.96. The Morgan fingerprint density at radius 3 is 2.24 bits per heavy atom. The van der Waals surface area contributed by atoms with Gasteiger partial charge in [0.25, 0.3) is 0 Å². The molecule has 5 nitrogen and oxygen atoms in total. The Balaban J connectivity index is 3.22. The first kappa shape index (κ1) is 13.6. The number of hydrogen-bond donors (Lipinski definition) is 2. The molecule has 1 atom stereocenters. The summed E-state index contributed by atoms with van der Waals surface area (Å²) in [5.41, 5.74) is 6.08. The van der Waals surface area contributed by atoms with Crippen molar-refractivity contribution in [3.05, 3.63) is 17.7 Å². The van der Waals surface area contributed by atoms with Crippen LogP contribution in [0.25, 0.3) is 0 Å². The minimum atomic E-state index is -0.672. The molecule has 0 heterocycles. The molecule has 1 rings (SSSR count). The van der Waals surface area contributed by atoms with Gasteiger partial charge in [-0.05, 0) is 25.1 Å². The van der Waals surface area contributed by atoms with Crippen molar-refractivity contribution in [1.82, 2.24) is 0 Å². The van der Waals surface area contributed by atoms with E-state index in [1.165, 1.54) is 14.2 Å². The fourth-order valence-corrected chi connectivity index (χ4v) is 1.70. The van der Waals surface area contributed by atoms with Crippen molar-refractivity contribution < 1.29 is 19.3 Å². The second-order valence-corrected chi connectivity index (χ2v) is 3.52. The van der Waals surface area contributed by atoms with E-state index in [2.05, 4.69) is 0 Å². The topological polar surface area (TPSA) is 73.9 Å². The molecule has 0 aliphatic carbocycles. The van der Waals surface area contributed by atoms with Gasteiger partial charge in [0.1, 0.15) is 0 Å². The summed E-state index contributed by atoms with van der Waals surface area (Å²) in [4.78, 5) is 0. The number of rotatable bonds is 6. The van der Waals surface area contributed by atoms with Gasteiger partial charge in [0.05, 0.1) is 27.4 Å². The average Bonchev–Trinajstić information content (AvgIpc) is 2.36. The predicted molar refractivity (Wildman–Crippen MR) is 64.7 cm³/mol. The largest absolute Gasteiger partial charge is 0.493 e. The predicted octanol–water partition coefficient (Wildman–Crippen LogP) is 1.09. The highest BCUT2D eigenvalue weighted by atomic mass is 16.5. The molecule has 0 amide bonds. The molecular formula is C12H19NO4.